The van der Waals surface area contributed by atoms with E-state index in [1.165, 1.54) is 0 Å². The maximum Gasteiger partial charge on any atom is 0.323 e. The summed E-state index contributed by atoms with van der Waals surface area (Å²) in [5.74, 6) is -0.119. The number of rotatable bonds is 4. The molecule has 20 heavy (non-hydrogen) atoms. The van der Waals surface area contributed by atoms with Gasteiger partial charge in [-0.2, -0.15) is 0 Å². The highest BCUT2D eigenvalue weighted by molar-refractivity contribution is 6.32. The van der Waals surface area contributed by atoms with Crippen LogP contribution >= 0.6 is 11.6 Å². The third-order valence-corrected chi connectivity index (χ3v) is 4.39. The highest BCUT2D eigenvalue weighted by Crippen LogP contribution is 2.31. The van der Waals surface area contributed by atoms with Crippen LogP contribution in [0.5, 0.6) is 5.75 Å². The molecule has 1 saturated heterocycles. The van der Waals surface area contributed by atoms with Crippen LogP contribution in [0, 0.1) is 0 Å². The number of ether oxygens (including phenoxy) is 1. The molecule has 0 aliphatic carbocycles. The molecule has 0 saturated carbocycles. The molecule has 5 heteroatoms. The highest BCUT2D eigenvalue weighted by atomic mass is 35.5. The maximum absolute atomic E-state index is 11.6. The molecule has 0 aromatic heterocycles. The van der Waals surface area contributed by atoms with E-state index < -0.39 is 11.5 Å². The van der Waals surface area contributed by atoms with Gasteiger partial charge in [0.15, 0.2) is 0 Å². The Labute approximate surface area is 124 Å². The molecule has 0 spiro atoms. The van der Waals surface area contributed by atoms with Crippen molar-refractivity contribution in [3.63, 3.8) is 0 Å². The van der Waals surface area contributed by atoms with E-state index in [1.807, 2.05) is 23.1 Å². The fourth-order valence-electron chi connectivity index (χ4n) is 2.70. The smallest absolute Gasteiger partial charge is 0.323 e. The first-order valence-corrected chi connectivity index (χ1v) is 7.16. The third kappa shape index (κ3) is 2.91. The van der Waals surface area contributed by atoms with Gasteiger partial charge >= 0.3 is 5.97 Å². The summed E-state index contributed by atoms with van der Waals surface area (Å²) in [6.07, 6.45) is 2.68. The number of methoxy groups -OCH3 is 1. The first-order valence-electron chi connectivity index (χ1n) is 6.78. The van der Waals surface area contributed by atoms with Gasteiger partial charge in [-0.3, -0.25) is 9.69 Å². The predicted octanol–water partition coefficient (Wildman–Crippen LogP) is 3.18. The fourth-order valence-corrected chi connectivity index (χ4v) is 2.98. The number of hydrogen-bond donors (Lipinski definition) is 1. The SMILES string of the molecule is COc1ccc(CN2CCCCC2(C)C(=O)O)cc1Cl. The maximum atomic E-state index is 11.6. The molecule has 110 valence electrons. The van der Waals surface area contributed by atoms with E-state index in [0.717, 1.165) is 24.9 Å². The van der Waals surface area contributed by atoms with Crippen LogP contribution in [-0.4, -0.2) is 35.2 Å². The molecular formula is C15H20ClNO3. The lowest BCUT2D eigenvalue weighted by Gasteiger charge is -2.41. The quantitative estimate of drug-likeness (QED) is 0.927. The summed E-state index contributed by atoms with van der Waals surface area (Å²) in [6.45, 7) is 3.19. The van der Waals surface area contributed by atoms with Crippen molar-refractivity contribution in [2.75, 3.05) is 13.7 Å². The molecule has 1 aromatic rings. The number of benzene rings is 1. The van der Waals surface area contributed by atoms with Gasteiger partial charge in [-0.1, -0.05) is 17.7 Å². The van der Waals surface area contributed by atoms with E-state index >= 15 is 0 Å². The Kier molecular flexibility index (Phi) is 4.55. The van der Waals surface area contributed by atoms with Gasteiger partial charge in [-0.15, -0.1) is 0 Å². The van der Waals surface area contributed by atoms with Gasteiger partial charge in [0, 0.05) is 6.54 Å². The summed E-state index contributed by atoms with van der Waals surface area (Å²) < 4.78 is 5.13. The van der Waals surface area contributed by atoms with Gasteiger partial charge in [-0.05, 0) is 50.4 Å². The van der Waals surface area contributed by atoms with Gasteiger partial charge in [0.1, 0.15) is 11.3 Å². The zero-order chi connectivity index (χ0) is 14.8. The van der Waals surface area contributed by atoms with E-state index in [0.29, 0.717) is 23.7 Å². The summed E-state index contributed by atoms with van der Waals surface area (Å²) in [7, 11) is 1.58. The van der Waals surface area contributed by atoms with E-state index in [4.69, 9.17) is 16.3 Å². The van der Waals surface area contributed by atoms with Crippen LogP contribution in [0.2, 0.25) is 5.02 Å². The first-order chi connectivity index (χ1) is 9.47. The lowest BCUT2D eigenvalue weighted by Crippen LogP contribution is -2.54. The van der Waals surface area contributed by atoms with Crippen molar-refractivity contribution in [3.05, 3.63) is 28.8 Å². The number of nitrogens with zero attached hydrogens (tertiary/aromatic N) is 1. The Morgan fingerprint density at radius 2 is 2.25 bits per heavy atom. The Balaban J connectivity index is 2.19. The van der Waals surface area contributed by atoms with Crippen molar-refractivity contribution in [2.24, 2.45) is 0 Å². The molecule has 0 amide bonds. The lowest BCUT2D eigenvalue weighted by atomic mass is 9.88. The minimum absolute atomic E-state index is 0.555. The van der Waals surface area contributed by atoms with Gasteiger partial charge in [-0.25, -0.2) is 0 Å². The van der Waals surface area contributed by atoms with Crippen LogP contribution < -0.4 is 4.74 Å². The van der Waals surface area contributed by atoms with Crippen molar-refractivity contribution >= 4 is 17.6 Å². The van der Waals surface area contributed by atoms with Crippen molar-refractivity contribution in [1.29, 1.82) is 0 Å². The number of likely N-dealkylation sites (tertiary alicyclic amines) is 1. The number of piperidine rings is 1. The molecule has 1 aliphatic heterocycles. The lowest BCUT2D eigenvalue weighted by molar-refractivity contribution is -0.153. The van der Waals surface area contributed by atoms with Crippen LogP contribution in [0.3, 0.4) is 0 Å². The highest BCUT2D eigenvalue weighted by Gasteiger charge is 2.41. The molecule has 1 aromatic carbocycles. The summed E-state index contributed by atoms with van der Waals surface area (Å²) in [5.41, 5.74) is 0.218. The molecule has 2 rings (SSSR count). The molecule has 1 heterocycles. The zero-order valence-electron chi connectivity index (χ0n) is 11.9. The monoisotopic (exact) mass is 297 g/mol. The van der Waals surface area contributed by atoms with Gasteiger partial charge in [0.25, 0.3) is 0 Å². The fraction of sp³-hybridized carbons (Fsp3) is 0.533. The second-order valence-electron chi connectivity index (χ2n) is 5.43. The summed E-state index contributed by atoms with van der Waals surface area (Å²) >= 11 is 6.12. The van der Waals surface area contributed by atoms with E-state index in [-0.39, 0.29) is 0 Å². The molecule has 1 atom stereocenters. The number of carboxylic acid groups (broad SMARTS) is 1. The topological polar surface area (TPSA) is 49.8 Å². The summed E-state index contributed by atoms with van der Waals surface area (Å²) in [4.78, 5) is 13.6. The van der Waals surface area contributed by atoms with E-state index in [1.54, 1.807) is 14.0 Å². The zero-order valence-corrected chi connectivity index (χ0v) is 12.6. The molecule has 0 bridgehead atoms. The average molecular weight is 298 g/mol. The Morgan fingerprint density at radius 3 is 2.85 bits per heavy atom. The molecule has 4 nitrogen and oxygen atoms in total. The van der Waals surface area contributed by atoms with Crippen molar-refractivity contribution in [1.82, 2.24) is 4.90 Å². The standard InChI is InChI=1S/C15H20ClNO3/c1-15(14(18)19)7-3-4-8-17(15)10-11-5-6-13(20-2)12(16)9-11/h5-6,9H,3-4,7-8,10H2,1-2H3,(H,18,19). The van der Waals surface area contributed by atoms with Crippen molar-refractivity contribution in [3.8, 4) is 5.75 Å². The normalized spacial score (nSPS) is 23.6. The molecular weight excluding hydrogens is 278 g/mol. The van der Waals surface area contributed by atoms with Crippen LogP contribution in [-0.2, 0) is 11.3 Å². The number of hydrogen-bond acceptors (Lipinski definition) is 3. The van der Waals surface area contributed by atoms with Crippen LogP contribution in [0.4, 0.5) is 0 Å². The number of halogens is 1. The van der Waals surface area contributed by atoms with Crippen LogP contribution in [0.25, 0.3) is 0 Å². The number of aliphatic carboxylic acids is 1. The third-order valence-electron chi connectivity index (χ3n) is 4.09. The Bertz CT molecular complexity index is 506. The van der Waals surface area contributed by atoms with Gasteiger partial charge in [0.05, 0.1) is 12.1 Å². The van der Waals surface area contributed by atoms with Gasteiger partial charge in [0.2, 0.25) is 0 Å². The number of carboxylic acids is 1. The van der Waals surface area contributed by atoms with E-state index in [2.05, 4.69) is 0 Å². The second kappa shape index (κ2) is 6.02. The average Bonchev–Trinajstić information content (AvgIpc) is 2.41. The molecule has 1 N–H and O–H groups in total. The van der Waals surface area contributed by atoms with Crippen molar-refractivity contribution < 1.29 is 14.6 Å². The Hall–Kier alpha value is -1.26. The van der Waals surface area contributed by atoms with Crippen LogP contribution in [0.15, 0.2) is 18.2 Å². The first kappa shape index (κ1) is 15.1. The minimum atomic E-state index is -0.787. The summed E-state index contributed by atoms with van der Waals surface area (Å²) in [6, 6.07) is 5.60. The predicted molar refractivity (Wildman–Crippen MR) is 78.3 cm³/mol. The minimum Gasteiger partial charge on any atom is -0.495 e. The van der Waals surface area contributed by atoms with Gasteiger partial charge < -0.3 is 9.84 Å². The molecule has 1 fully saturated rings. The van der Waals surface area contributed by atoms with E-state index in [9.17, 15) is 9.90 Å². The molecule has 1 unspecified atom stereocenters. The molecule has 1 aliphatic rings. The van der Waals surface area contributed by atoms with Crippen LogP contribution in [0.1, 0.15) is 31.7 Å². The Morgan fingerprint density at radius 1 is 1.50 bits per heavy atom. The largest absolute Gasteiger partial charge is 0.495 e. The number of carbonyl (C=O) groups is 1. The molecule has 0 radical (unpaired) electrons. The second-order valence-corrected chi connectivity index (χ2v) is 5.83. The summed E-state index contributed by atoms with van der Waals surface area (Å²) in [5, 5.41) is 10.0. The van der Waals surface area contributed by atoms with Crippen molar-refractivity contribution in [2.45, 2.75) is 38.3 Å².